The highest BCUT2D eigenvalue weighted by Gasteiger charge is 2.15. The number of aliphatic hydroxyl groups excluding tert-OH is 1. The van der Waals surface area contributed by atoms with Gasteiger partial charge in [-0.25, -0.2) is 0 Å². The zero-order valence-electron chi connectivity index (χ0n) is 10.9. The largest absolute Gasteiger partial charge is 0.391 e. The van der Waals surface area contributed by atoms with Crippen LogP contribution < -0.4 is 5.32 Å². The summed E-state index contributed by atoms with van der Waals surface area (Å²) in [6.45, 7) is 6.55. The van der Waals surface area contributed by atoms with Gasteiger partial charge in [0.2, 0.25) is 0 Å². The van der Waals surface area contributed by atoms with E-state index in [1.54, 1.807) is 0 Å². The molecule has 1 aromatic rings. The van der Waals surface area contributed by atoms with Gasteiger partial charge in [-0.3, -0.25) is 4.21 Å². The lowest BCUT2D eigenvalue weighted by Gasteiger charge is -2.22. The molecule has 2 unspecified atom stereocenters. The minimum absolute atomic E-state index is 0.0434. The van der Waals surface area contributed by atoms with E-state index in [-0.39, 0.29) is 11.3 Å². The lowest BCUT2D eigenvalue weighted by molar-refractivity contribution is 0.182. The molecule has 0 heterocycles. The molecule has 5 heteroatoms. The highest BCUT2D eigenvalue weighted by atomic mass is 79.9. The molecule has 0 saturated heterocycles. The molecule has 102 valence electrons. The average molecular weight is 334 g/mol. The third kappa shape index (κ3) is 6.09. The van der Waals surface area contributed by atoms with Gasteiger partial charge >= 0.3 is 0 Å². The topological polar surface area (TPSA) is 49.3 Å². The first-order chi connectivity index (χ1) is 8.28. The summed E-state index contributed by atoms with van der Waals surface area (Å²) >= 11 is 3.34. The van der Waals surface area contributed by atoms with Crippen LogP contribution in [0.2, 0.25) is 0 Å². The molecule has 0 aliphatic carbocycles. The molecule has 2 N–H and O–H groups in total. The van der Waals surface area contributed by atoms with Gasteiger partial charge in [-0.15, -0.1) is 0 Å². The maximum absolute atomic E-state index is 12.0. The maximum Gasteiger partial charge on any atom is 0.0783 e. The summed E-state index contributed by atoms with van der Waals surface area (Å²) in [5, 5.41) is 13.0. The van der Waals surface area contributed by atoms with Gasteiger partial charge in [-0.1, -0.05) is 22.0 Å². The lowest BCUT2D eigenvalue weighted by atomic mass is 10.1. The van der Waals surface area contributed by atoms with Crippen molar-refractivity contribution < 1.29 is 9.32 Å². The Kier molecular flexibility index (Phi) is 5.98. The molecule has 0 spiro atoms. The van der Waals surface area contributed by atoms with Crippen molar-refractivity contribution >= 4 is 26.7 Å². The first kappa shape index (κ1) is 15.8. The Morgan fingerprint density at radius 2 is 2.11 bits per heavy atom. The van der Waals surface area contributed by atoms with Crippen molar-refractivity contribution in [2.45, 2.75) is 37.3 Å². The van der Waals surface area contributed by atoms with E-state index in [0.717, 1.165) is 9.37 Å². The van der Waals surface area contributed by atoms with Crippen LogP contribution in [0.15, 0.2) is 33.6 Å². The Bertz CT molecular complexity index is 418. The van der Waals surface area contributed by atoms with Crippen LogP contribution in [0, 0.1) is 0 Å². The van der Waals surface area contributed by atoms with Gasteiger partial charge in [0.05, 0.1) is 22.7 Å². The highest BCUT2D eigenvalue weighted by molar-refractivity contribution is 9.10. The molecule has 0 amide bonds. The number of β-amino-alcohol motifs (C(OH)–C–C–N with tert-alkyl or cyclic N) is 1. The third-order valence-electron chi connectivity index (χ3n) is 2.27. The van der Waals surface area contributed by atoms with Gasteiger partial charge in [0.1, 0.15) is 0 Å². The Labute approximate surface area is 120 Å². The van der Waals surface area contributed by atoms with Crippen LogP contribution in [0.3, 0.4) is 0 Å². The first-order valence-electron chi connectivity index (χ1n) is 5.85. The van der Waals surface area contributed by atoms with Crippen LogP contribution in [0.4, 0.5) is 0 Å². The Balaban J connectivity index is 2.50. The van der Waals surface area contributed by atoms with Gasteiger partial charge in [-0.05, 0) is 39.0 Å². The summed E-state index contributed by atoms with van der Waals surface area (Å²) in [6, 6.07) is 7.36. The maximum atomic E-state index is 12.0. The third-order valence-corrected chi connectivity index (χ3v) is 4.23. The van der Waals surface area contributed by atoms with Crippen molar-refractivity contribution in [2.75, 3.05) is 12.3 Å². The molecule has 0 bridgehead atoms. The quantitative estimate of drug-likeness (QED) is 0.869. The van der Waals surface area contributed by atoms with E-state index in [2.05, 4.69) is 21.2 Å². The monoisotopic (exact) mass is 333 g/mol. The molecule has 2 atom stereocenters. The second kappa shape index (κ2) is 6.80. The van der Waals surface area contributed by atoms with Crippen molar-refractivity contribution in [2.24, 2.45) is 0 Å². The summed E-state index contributed by atoms with van der Waals surface area (Å²) in [4.78, 5) is 0.735. The Hall–Kier alpha value is -0.230. The predicted molar refractivity (Wildman–Crippen MR) is 79.2 cm³/mol. The zero-order valence-corrected chi connectivity index (χ0v) is 13.3. The SMILES string of the molecule is CC(C)(C)NCC(O)CS(=O)c1cccc(Br)c1. The van der Waals surface area contributed by atoms with E-state index in [9.17, 15) is 9.32 Å². The van der Waals surface area contributed by atoms with Gasteiger partial charge in [0.25, 0.3) is 0 Å². The van der Waals surface area contributed by atoms with Crippen molar-refractivity contribution in [3.8, 4) is 0 Å². The fraction of sp³-hybridized carbons (Fsp3) is 0.538. The van der Waals surface area contributed by atoms with E-state index in [1.165, 1.54) is 0 Å². The Morgan fingerprint density at radius 3 is 2.67 bits per heavy atom. The first-order valence-corrected chi connectivity index (χ1v) is 7.96. The van der Waals surface area contributed by atoms with Crippen molar-refractivity contribution in [3.05, 3.63) is 28.7 Å². The fourth-order valence-corrected chi connectivity index (χ4v) is 3.06. The summed E-state index contributed by atoms with van der Waals surface area (Å²) in [6.07, 6.45) is -0.607. The van der Waals surface area contributed by atoms with Gasteiger partial charge in [-0.2, -0.15) is 0 Å². The van der Waals surface area contributed by atoms with Crippen molar-refractivity contribution in [1.29, 1.82) is 0 Å². The van der Waals surface area contributed by atoms with Crippen molar-refractivity contribution in [1.82, 2.24) is 5.32 Å². The summed E-state index contributed by atoms with van der Waals surface area (Å²) < 4.78 is 12.9. The Morgan fingerprint density at radius 1 is 1.44 bits per heavy atom. The smallest absolute Gasteiger partial charge is 0.0783 e. The second-order valence-electron chi connectivity index (χ2n) is 5.25. The number of halogens is 1. The number of hydrogen-bond donors (Lipinski definition) is 2. The van der Waals surface area contributed by atoms with Crippen LogP contribution in [0.1, 0.15) is 20.8 Å². The van der Waals surface area contributed by atoms with Crippen molar-refractivity contribution in [3.63, 3.8) is 0 Å². The number of aliphatic hydroxyl groups is 1. The normalized spacial score (nSPS) is 15.4. The number of benzene rings is 1. The number of nitrogens with one attached hydrogen (secondary N) is 1. The predicted octanol–water partition coefficient (Wildman–Crippen LogP) is 2.31. The molecule has 0 saturated carbocycles. The van der Waals surface area contributed by atoms with Crippen LogP contribution >= 0.6 is 15.9 Å². The summed E-state index contributed by atoms with van der Waals surface area (Å²) in [5.74, 6) is 0.250. The zero-order chi connectivity index (χ0) is 13.8. The molecule has 0 aliphatic rings. The molecular weight excluding hydrogens is 314 g/mol. The van der Waals surface area contributed by atoms with Gasteiger partial charge in [0, 0.05) is 21.5 Å². The standard InChI is InChI=1S/C13H20BrNO2S/c1-13(2,3)15-8-11(16)9-18(17)12-6-4-5-10(14)7-12/h4-7,11,15-16H,8-9H2,1-3H3. The molecule has 0 aliphatic heterocycles. The van der Waals surface area contributed by atoms with E-state index in [1.807, 2.05) is 45.0 Å². The molecule has 3 nitrogen and oxygen atoms in total. The van der Waals surface area contributed by atoms with E-state index in [4.69, 9.17) is 0 Å². The minimum atomic E-state index is -1.17. The molecule has 1 aromatic carbocycles. The van der Waals surface area contributed by atoms with Crippen LogP contribution in [-0.2, 0) is 10.8 Å². The number of rotatable bonds is 5. The van der Waals surface area contributed by atoms with E-state index >= 15 is 0 Å². The van der Waals surface area contributed by atoms with Crippen LogP contribution in [0.25, 0.3) is 0 Å². The lowest BCUT2D eigenvalue weighted by Crippen LogP contribution is -2.42. The van der Waals surface area contributed by atoms with E-state index in [0.29, 0.717) is 6.54 Å². The molecular formula is C13H20BrNO2S. The molecule has 18 heavy (non-hydrogen) atoms. The second-order valence-corrected chi connectivity index (χ2v) is 7.67. The molecule has 0 aromatic heterocycles. The van der Waals surface area contributed by atoms with E-state index < -0.39 is 16.9 Å². The summed E-state index contributed by atoms with van der Waals surface area (Å²) in [7, 11) is -1.17. The molecule has 1 rings (SSSR count). The molecule has 0 radical (unpaired) electrons. The van der Waals surface area contributed by atoms with Gasteiger partial charge in [0.15, 0.2) is 0 Å². The average Bonchev–Trinajstić information content (AvgIpc) is 2.25. The highest BCUT2D eigenvalue weighted by Crippen LogP contribution is 2.15. The van der Waals surface area contributed by atoms with Crippen LogP contribution in [0.5, 0.6) is 0 Å². The van der Waals surface area contributed by atoms with Gasteiger partial charge < -0.3 is 10.4 Å². The summed E-state index contributed by atoms with van der Waals surface area (Å²) in [5.41, 5.74) is -0.0434. The minimum Gasteiger partial charge on any atom is -0.391 e. The van der Waals surface area contributed by atoms with Crippen LogP contribution in [-0.4, -0.2) is 33.3 Å². The number of hydrogen-bond acceptors (Lipinski definition) is 3. The fourth-order valence-electron chi connectivity index (χ4n) is 1.36. The molecule has 0 fully saturated rings.